The molecular weight excluding hydrogens is 647 g/mol. The van der Waals surface area contributed by atoms with Gasteiger partial charge in [-0.2, -0.15) is 0 Å². The lowest BCUT2D eigenvalue weighted by molar-refractivity contribution is -0.161. The Labute approximate surface area is 297 Å². The van der Waals surface area contributed by atoms with Crippen molar-refractivity contribution in [2.75, 3.05) is 26.4 Å². The molecule has 0 aromatic carbocycles. The van der Waals surface area contributed by atoms with Gasteiger partial charge in [-0.1, -0.05) is 115 Å². The Hall–Kier alpha value is -1.81. The Kier molecular flexibility index (Phi) is 33.4. The highest BCUT2D eigenvalue weighted by molar-refractivity contribution is 7.47. The summed E-state index contributed by atoms with van der Waals surface area (Å²) in [6.07, 6.45) is 32.6. The largest absolute Gasteiger partial charge is 0.472 e. The number of carbonyl (C=O) groups is 2. The van der Waals surface area contributed by atoms with Crippen LogP contribution in [0, 0.1) is 0 Å². The number of esters is 2. The minimum Gasteiger partial charge on any atom is -0.462 e. The Morgan fingerprint density at radius 2 is 1.10 bits per heavy atom. The monoisotopic (exact) mass is 716 g/mol. The third-order valence-corrected chi connectivity index (χ3v) is 8.70. The molecule has 0 amide bonds. The molecule has 0 spiro atoms. The first-order valence-electron chi connectivity index (χ1n) is 18.9. The van der Waals surface area contributed by atoms with Crippen molar-refractivity contribution in [3.05, 3.63) is 36.5 Å². The molecule has 0 bridgehead atoms. The number of hydrogen-bond acceptors (Lipinski definition) is 9. The number of aliphatic hydroxyl groups is 2. The van der Waals surface area contributed by atoms with Crippen molar-refractivity contribution in [3.8, 4) is 0 Å². The minimum atomic E-state index is -4.61. The van der Waals surface area contributed by atoms with Gasteiger partial charge in [0, 0.05) is 12.8 Å². The number of phosphoric ester groups is 1. The molecule has 3 atom stereocenters. The molecule has 0 fully saturated rings. The summed E-state index contributed by atoms with van der Waals surface area (Å²) in [6.45, 7) is 2.25. The van der Waals surface area contributed by atoms with Crippen LogP contribution in [0.1, 0.15) is 155 Å². The third kappa shape index (κ3) is 34.4. The number of ether oxygens (including phenoxy) is 2. The van der Waals surface area contributed by atoms with Crippen LogP contribution in [0.25, 0.3) is 0 Å². The molecule has 286 valence electrons. The number of rotatable bonds is 35. The summed E-state index contributed by atoms with van der Waals surface area (Å²) in [4.78, 5) is 34.8. The number of unbranched alkanes of at least 4 members (excludes halogenated alkanes) is 15. The molecule has 0 aliphatic carbocycles. The van der Waals surface area contributed by atoms with Crippen LogP contribution in [0.3, 0.4) is 0 Å². The third-order valence-electron chi connectivity index (χ3n) is 7.75. The van der Waals surface area contributed by atoms with Crippen LogP contribution in [0.15, 0.2) is 36.5 Å². The summed E-state index contributed by atoms with van der Waals surface area (Å²) >= 11 is 0. The van der Waals surface area contributed by atoms with Gasteiger partial charge in [0.25, 0.3) is 0 Å². The zero-order chi connectivity index (χ0) is 36.3. The number of phosphoric acid groups is 1. The molecule has 0 saturated heterocycles. The van der Waals surface area contributed by atoms with E-state index in [0.717, 1.165) is 83.5 Å². The molecule has 0 aliphatic rings. The van der Waals surface area contributed by atoms with Crippen LogP contribution in [-0.4, -0.2) is 65.7 Å². The van der Waals surface area contributed by atoms with Crippen LogP contribution in [-0.2, 0) is 32.7 Å². The van der Waals surface area contributed by atoms with E-state index in [4.69, 9.17) is 19.1 Å². The molecule has 0 rings (SSSR count). The lowest BCUT2D eigenvalue weighted by Crippen LogP contribution is -2.29. The topological polar surface area (TPSA) is 149 Å². The fraction of sp³-hybridized carbons (Fsp3) is 0.789. The molecule has 3 unspecified atom stereocenters. The fourth-order valence-electron chi connectivity index (χ4n) is 4.79. The van der Waals surface area contributed by atoms with E-state index < -0.39 is 51.8 Å². The van der Waals surface area contributed by atoms with Gasteiger partial charge in [-0.25, -0.2) is 4.57 Å². The van der Waals surface area contributed by atoms with Crippen LogP contribution in [0.5, 0.6) is 0 Å². The highest BCUT2D eigenvalue weighted by Crippen LogP contribution is 2.43. The predicted molar refractivity (Wildman–Crippen MR) is 196 cm³/mol. The van der Waals surface area contributed by atoms with Gasteiger partial charge in [0.05, 0.1) is 19.8 Å². The molecule has 11 heteroatoms. The maximum absolute atomic E-state index is 12.5. The van der Waals surface area contributed by atoms with E-state index in [9.17, 15) is 24.2 Å². The van der Waals surface area contributed by atoms with Crippen molar-refractivity contribution >= 4 is 19.8 Å². The smallest absolute Gasteiger partial charge is 0.462 e. The summed E-state index contributed by atoms with van der Waals surface area (Å²) in [7, 11) is -4.61. The number of carbonyl (C=O) groups excluding carboxylic acids is 2. The van der Waals surface area contributed by atoms with E-state index in [1.54, 1.807) is 0 Å². The normalized spacial score (nSPS) is 14.5. The average Bonchev–Trinajstić information content (AvgIpc) is 3.09. The van der Waals surface area contributed by atoms with Crippen molar-refractivity contribution in [1.29, 1.82) is 0 Å². The molecule has 0 aliphatic heterocycles. The minimum absolute atomic E-state index is 0.166. The summed E-state index contributed by atoms with van der Waals surface area (Å²) in [6, 6.07) is 0. The summed E-state index contributed by atoms with van der Waals surface area (Å²) < 4.78 is 32.5. The van der Waals surface area contributed by atoms with Gasteiger partial charge in [-0.3, -0.25) is 18.6 Å². The molecule has 0 aromatic heterocycles. The van der Waals surface area contributed by atoms with Crippen molar-refractivity contribution in [1.82, 2.24) is 0 Å². The van der Waals surface area contributed by atoms with Gasteiger partial charge in [0.1, 0.15) is 12.7 Å². The lowest BCUT2D eigenvalue weighted by atomic mass is 10.1. The standard InChI is InChI=1S/C38H69O10P/c1-3-5-7-9-11-13-15-17-19-21-23-25-27-29-37(41)45-33-36(34-47-49(43,44)46-32-35(40)31-39)48-38(42)30-28-26-24-22-20-18-16-14-12-10-8-6-4-2/h8,10,13-16,35-36,39-40H,3-7,9,11-12,17-34H2,1-2H3,(H,43,44)/b10-8-,15-13-,16-14-. The van der Waals surface area contributed by atoms with Gasteiger partial charge in [-0.05, 0) is 64.2 Å². The molecular formula is C38H69O10P. The van der Waals surface area contributed by atoms with E-state index in [1.165, 1.54) is 32.1 Å². The van der Waals surface area contributed by atoms with Gasteiger partial charge < -0.3 is 24.6 Å². The van der Waals surface area contributed by atoms with Crippen LogP contribution >= 0.6 is 7.82 Å². The van der Waals surface area contributed by atoms with Crippen LogP contribution in [0.2, 0.25) is 0 Å². The highest BCUT2D eigenvalue weighted by Gasteiger charge is 2.27. The van der Waals surface area contributed by atoms with Gasteiger partial charge in [-0.15, -0.1) is 0 Å². The Morgan fingerprint density at radius 1 is 0.612 bits per heavy atom. The number of allylic oxidation sites excluding steroid dienone is 6. The Bertz CT molecular complexity index is 920. The van der Waals surface area contributed by atoms with E-state index in [-0.39, 0.29) is 19.4 Å². The molecule has 10 nitrogen and oxygen atoms in total. The average molecular weight is 717 g/mol. The molecule has 3 N–H and O–H groups in total. The second-order valence-electron chi connectivity index (χ2n) is 12.6. The molecule has 0 aromatic rings. The van der Waals surface area contributed by atoms with E-state index >= 15 is 0 Å². The number of aliphatic hydroxyl groups excluding tert-OH is 2. The molecule has 49 heavy (non-hydrogen) atoms. The van der Waals surface area contributed by atoms with Crippen molar-refractivity contribution in [2.24, 2.45) is 0 Å². The summed E-state index contributed by atoms with van der Waals surface area (Å²) in [5, 5.41) is 18.3. The van der Waals surface area contributed by atoms with Gasteiger partial charge in [0.15, 0.2) is 6.10 Å². The maximum Gasteiger partial charge on any atom is 0.472 e. The first-order valence-corrected chi connectivity index (χ1v) is 20.4. The maximum atomic E-state index is 12.5. The lowest BCUT2D eigenvalue weighted by Gasteiger charge is -2.20. The second-order valence-corrected chi connectivity index (χ2v) is 14.0. The SMILES string of the molecule is CCC/C=C\C/C=C\CCCCCCCC(=O)OC(COC(=O)CCCCCCC/C=C\CCCCCC)COP(=O)(O)OCC(O)CO. The van der Waals surface area contributed by atoms with Crippen molar-refractivity contribution in [3.63, 3.8) is 0 Å². The van der Waals surface area contributed by atoms with Gasteiger partial charge >= 0.3 is 19.8 Å². The summed E-state index contributed by atoms with van der Waals surface area (Å²) in [5.74, 6) is -0.955. The van der Waals surface area contributed by atoms with Crippen LogP contribution < -0.4 is 0 Å². The fourth-order valence-corrected chi connectivity index (χ4v) is 5.58. The molecule has 0 heterocycles. The van der Waals surface area contributed by atoms with E-state index in [0.29, 0.717) is 12.8 Å². The predicted octanol–water partition coefficient (Wildman–Crippen LogP) is 9.22. The van der Waals surface area contributed by atoms with Crippen molar-refractivity contribution < 1.29 is 47.8 Å². The van der Waals surface area contributed by atoms with E-state index in [2.05, 4.69) is 54.8 Å². The molecule has 0 saturated carbocycles. The van der Waals surface area contributed by atoms with Crippen LogP contribution in [0.4, 0.5) is 0 Å². The number of hydrogen-bond donors (Lipinski definition) is 3. The second kappa shape index (κ2) is 34.6. The summed E-state index contributed by atoms with van der Waals surface area (Å²) in [5.41, 5.74) is 0. The highest BCUT2D eigenvalue weighted by atomic mass is 31.2. The zero-order valence-electron chi connectivity index (χ0n) is 30.7. The van der Waals surface area contributed by atoms with E-state index in [1.807, 2.05) is 0 Å². The quantitative estimate of drug-likeness (QED) is 0.0251. The Morgan fingerprint density at radius 3 is 1.67 bits per heavy atom. The molecule has 0 radical (unpaired) electrons. The first kappa shape index (κ1) is 47.2. The van der Waals surface area contributed by atoms with Crippen molar-refractivity contribution in [2.45, 2.75) is 167 Å². The first-order chi connectivity index (χ1) is 23.7. The Balaban J connectivity index is 4.42. The van der Waals surface area contributed by atoms with Gasteiger partial charge in [0.2, 0.25) is 0 Å². The zero-order valence-corrected chi connectivity index (χ0v) is 31.5.